The van der Waals surface area contributed by atoms with Crippen molar-refractivity contribution in [3.8, 4) is 0 Å². The summed E-state index contributed by atoms with van der Waals surface area (Å²) in [4.78, 5) is 37.0. The third kappa shape index (κ3) is 4.94. The Balaban J connectivity index is 0.000000421. The van der Waals surface area contributed by atoms with Crippen LogP contribution in [0.2, 0.25) is 0 Å². The number of carboxylic acid groups (broad SMARTS) is 1. The van der Waals surface area contributed by atoms with Gasteiger partial charge in [0.1, 0.15) is 0 Å². The van der Waals surface area contributed by atoms with E-state index in [-0.39, 0.29) is 19.5 Å². The standard InChI is InChI=1S/C22H21N3O4.C6H6/c1-14-6-5-9-18-20(14)15(12-23(18)2)13-25-17-8-4-3-7-16(17)21(28)24(22(25)29)11-10-19(26)27;1-2-4-6-5-3-1/h3-9,12H,10-11,13H2,1-2H3,(H,26,27);1-6H. The molecular weight excluding hydrogens is 442 g/mol. The number of para-hydroxylation sites is 1. The van der Waals surface area contributed by atoms with Gasteiger partial charge in [-0.05, 0) is 36.2 Å². The average molecular weight is 470 g/mol. The summed E-state index contributed by atoms with van der Waals surface area (Å²) >= 11 is 0. The lowest BCUT2D eigenvalue weighted by Crippen LogP contribution is -2.40. The number of benzene rings is 3. The van der Waals surface area contributed by atoms with Crippen LogP contribution in [-0.2, 0) is 24.9 Å². The molecule has 0 saturated carbocycles. The van der Waals surface area contributed by atoms with Crippen molar-refractivity contribution < 1.29 is 9.90 Å². The van der Waals surface area contributed by atoms with Crippen molar-refractivity contribution in [3.05, 3.63) is 117 Å². The van der Waals surface area contributed by atoms with Crippen molar-refractivity contribution in [1.29, 1.82) is 0 Å². The number of aryl methyl sites for hydroxylation is 2. The van der Waals surface area contributed by atoms with E-state index in [0.29, 0.717) is 10.9 Å². The molecule has 0 amide bonds. The van der Waals surface area contributed by atoms with Gasteiger partial charge in [0.15, 0.2) is 0 Å². The van der Waals surface area contributed by atoms with Gasteiger partial charge in [-0.15, -0.1) is 0 Å². The summed E-state index contributed by atoms with van der Waals surface area (Å²) in [7, 11) is 1.96. The van der Waals surface area contributed by atoms with Gasteiger partial charge in [-0.3, -0.25) is 18.7 Å². The van der Waals surface area contributed by atoms with Crippen LogP contribution in [0.1, 0.15) is 17.5 Å². The fourth-order valence-electron chi connectivity index (χ4n) is 4.34. The van der Waals surface area contributed by atoms with E-state index in [9.17, 15) is 14.4 Å². The van der Waals surface area contributed by atoms with Crippen LogP contribution in [0.25, 0.3) is 21.8 Å². The smallest absolute Gasteiger partial charge is 0.331 e. The highest BCUT2D eigenvalue weighted by Crippen LogP contribution is 2.25. The molecule has 0 radical (unpaired) electrons. The summed E-state index contributed by atoms with van der Waals surface area (Å²) in [5.41, 5.74) is 2.72. The monoisotopic (exact) mass is 469 g/mol. The van der Waals surface area contributed by atoms with E-state index in [1.54, 1.807) is 28.8 Å². The number of rotatable bonds is 5. The molecule has 0 aliphatic heterocycles. The number of carbonyl (C=O) groups is 1. The lowest BCUT2D eigenvalue weighted by atomic mass is 10.1. The molecule has 0 unspecified atom stereocenters. The van der Waals surface area contributed by atoms with E-state index in [0.717, 1.165) is 26.6 Å². The minimum absolute atomic E-state index is 0.160. The molecule has 0 saturated heterocycles. The van der Waals surface area contributed by atoms with Crippen LogP contribution in [-0.4, -0.2) is 24.8 Å². The SMILES string of the molecule is Cc1cccc2c1c(Cn1c(=O)n(CCC(=O)O)c(=O)c3ccccc31)cn2C.c1ccccc1. The minimum atomic E-state index is -1.05. The van der Waals surface area contributed by atoms with Gasteiger partial charge in [-0.25, -0.2) is 4.79 Å². The molecule has 7 nitrogen and oxygen atoms in total. The molecule has 5 rings (SSSR count). The highest BCUT2D eigenvalue weighted by Gasteiger charge is 2.16. The van der Waals surface area contributed by atoms with Crippen molar-refractivity contribution in [1.82, 2.24) is 13.7 Å². The van der Waals surface area contributed by atoms with E-state index in [1.165, 1.54) is 0 Å². The molecule has 1 N–H and O–H groups in total. The second-order valence-electron chi connectivity index (χ2n) is 8.38. The van der Waals surface area contributed by atoms with Crippen molar-refractivity contribution in [3.63, 3.8) is 0 Å². The Morgan fingerprint density at radius 3 is 2.11 bits per heavy atom. The van der Waals surface area contributed by atoms with Crippen LogP contribution in [0.4, 0.5) is 0 Å². The topological polar surface area (TPSA) is 86.2 Å². The largest absolute Gasteiger partial charge is 0.481 e. The van der Waals surface area contributed by atoms with Crippen molar-refractivity contribution in [2.45, 2.75) is 26.4 Å². The molecule has 0 aliphatic carbocycles. The first-order chi connectivity index (χ1) is 16.9. The zero-order valence-corrected chi connectivity index (χ0v) is 19.7. The fraction of sp³-hybridized carbons (Fsp3) is 0.179. The maximum absolute atomic E-state index is 13.2. The molecule has 7 heteroatoms. The van der Waals surface area contributed by atoms with E-state index in [2.05, 4.69) is 0 Å². The lowest BCUT2D eigenvalue weighted by Gasteiger charge is -2.14. The predicted octanol–water partition coefficient (Wildman–Crippen LogP) is 4.17. The van der Waals surface area contributed by atoms with Gasteiger partial charge >= 0.3 is 11.7 Å². The molecule has 5 aromatic rings. The quantitative estimate of drug-likeness (QED) is 0.419. The molecule has 2 heterocycles. The minimum Gasteiger partial charge on any atom is -0.481 e. The van der Waals surface area contributed by atoms with Crippen molar-refractivity contribution in [2.24, 2.45) is 7.05 Å². The van der Waals surface area contributed by atoms with Crippen LogP contribution in [0.15, 0.2) is 94.6 Å². The third-order valence-corrected chi connectivity index (χ3v) is 5.98. The number of hydrogen-bond donors (Lipinski definition) is 1. The van der Waals surface area contributed by atoms with E-state index in [4.69, 9.17) is 5.11 Å². The zero-order chi connectivity index (χ0) is 24.9. The van der Waals surface area contributed by atoms with Crippen molar-refractivity contribution >= 4 is 27.8 Å². The van der Waals surface area contributed by atoms with Gasteiger partial charge in [0.2, 0.25) is 0 Å². The van der Waals surface area contributed by atoms with Gasteiger partial charge in [0.05, 0.1) is 23.9 Å². The molecule has 3 aromatic carbocycles. The summed E-state index contributed by atoms with van der Waals surface area (Å²) in [6.45, 7) is 2.15. The zero-order valence-electron chi connectivity index (χ0n) is 19.7. The molecule has 0 fully saturated rings. The van der Waals surface area contributed by atoms with Crippen LogP contribution in [0, 0.1) is 6.92 Å². The molecular formula is C28H27N3O4. The van der Waals surface area contributed by atoms with Crippen LogP contribution in [0.3, 0.4) is 0 Å². The molecule has 2 aromatic heterocycles. The predicted molar refractivity (Wildman–Crippen MR) is 138 cm³/mol. The Labute approximate surface area is 202 Å². The highest BCUT2D eigenvalue weighted by atomic mass is 16.4. The van der Waals surface area contributed by atoms with Gasteiger partial charge in [-0.2, -0.15) is 0 Å². The number of nitrogens with zero attached hydrogens (tertiary/aromatic N) is 3. The number of hydrogen-bond acceptors (Lipinski definition) is 3. The Bertz CT molecular complexity index is 1580. The summed E-state index contributed by atoms with van der Waals surface area (Å²) < 4.78 is 4.60. The summed E-state index contributed by atoms with van der Waals surface area (Å²) in [6.07, 6.45) is 1.70. The third-order valence-electron chi connectivity index (χ3n) is 5.98. The number of carboxylic acids is 1. The van der Waals surface area contributed by atoms with Gasteiger partial charge in [0.25, 0.3) is 5.56 Å². The molecule has 35 heavy (non-hydrogen) atoms. The first kappa shape index (κ1) is 23.8. The van der Waals surface area contributed by atoms with Crippen LogP contribution >= 0.6 is 0 Å². The maximum atomic E-state index is 13.2. The van der Waals surface area contributed by atoms with E-state index >= 15 is 0 Å². The molecule has 0 atom stereocenters. The fourth-order valence-corrected chi connectivity index (χ4v) is 4.34. The van der Waals surface area contributed by atoms with Crippen LogP contribution < -0.4 is 11.2 Å². The summed E-state index contributed by atoms with van der Waals surface area (Å²) in [5, 5.41) is 10.5. The van der Waals surface area contributed by atoms with Gasteiger partial charge in [0, 0.05) is 30.7 Å². The van der Waals surface area contributed by atoms with E-state index in [1.807, 2.05) is 79.3 Å². The second-order valence-corrected chi connectivity index (χ2v) is 8.38. The van der Waals surface area contributed by atoms with Gasteiger partial charge < -0.3 is 9.67 Å². The first-order valence-corrected chi connectivity index (χ1v) is 11.4. The maximum Gasteiger partial charge on any atom is 0.331 e. The normalized spacial score (nSPS) is 10.8. The Kier molecular flexibility index (Phi) is 6.96. The average Bonchev–Trinajstić information content (AvgIpc) is 3.19. The van der Waals surface area contributed by atoms with E-state index < -0.39 is 17.2 Å². The number of aromatic nitrogens is 3. The summed E-state index contributed by atoms with van der Waals surface area (Å²) in [6, 6.07) is 25.0. The van der Waals surface area contributed by atoms with Crippen molar-refractivity contribution in [2.75, 3.05) is 0 Å². The van der Waals surface area contributed by atoms with Gasteiger partial charge in [-0.1, -0.05) is 60.7 Å². The Morgan fingerprint density at radius 1 is 0.829 bits per heavy atom. The molecule has 0 aliphatic rings. The highest BCUT2D eigenvalue weighted by molar-refractivity contribution is 5.87. The molecule has 0 bridgehead atoms. The summed E-state index contributed by atoms with van der Waals surface area (Å²) in [5.74, 6) is -1.05. The molecule has 178 valence electrons. The number of aliphatic carboxylic acids is 1. The Hall–Kier alpha value is -4.39. The molecule has 0 spiro atoms. The Morgan fingerprint density at radius 2 is 1.46 bits per heavy atom. The second kappa shape index (κ2) is 10.3. The lowest BCUT2D eigenvalue weighted by molar-refractivity contribution is -0.137. The number of fused-ring (bicyclic) bond motifs is 2. The first-order valence-electron chi connectivity index (χ1n) is 11.4. The van der Waals surface area contributed by atoms with Crippen LogP contribution in [0.5, 0.6) is 0 Å².